The first-order chi connectivity index (χ1) is 8.08. The van der Waals surface area contributed by atoms with Gasteiger partial charge in [-0.15, -0.1) is 0 Å². The summed E-state index contributed by atoms with van der Waals surface area (Å²) in [5.74, 6) is 0.0228. The van der Waals surface area contributed by atoms with E-state index >= 15 is 0 Å². The minimum absolute atomic E-state index is 0.0228. The van der Waals surface area contributed by atoms with Crippen LogP contribution in [0.25, 0.3) is 0 Å². The first-order valence-electron chi connectivity index (χ1n) is 5.90. The van der Waals surface area contributed by atoms with Gasteiger partial charge in [0.15, 0.2) is 0 Å². The third kappa shape index (κ3) is 3.66. The molecule has 0 radical (unpaired) electrons. The summed E-state index contributed by atoms with van der Waals surface area (Å²) in [5, 5.41) is 2.65. The molecule has 4 heteroatoms. The molecular weight excluding hydrogens is 214 g/mol. The smallest absolute Gasteiger partial charge is 0.239 e. The summed E-state index contributed by atoms with van der Waals surface area (Å²) in [5.41, 5.74) is 8.66. The van der Waals surface area contributed by atoms with Gasteiger partial charge in [-0.25, -0.2) is 0 Å². The van der Waals surface area contributed by atoms with Crippen LogP contribution in [0, 0.1) is 6.92 Å². The summed E-state index contributed by atoms with van der Waals surface area (Å²) < 4.78 is 0. The Hall–Kier alpha value is -1.71. The van der Waals surface area contributed by atoms with E-state index in [1.807, 2.05) is 25.1 Å². The highest BCUT2D eigenvalue weighted by Gasteiger charge is 2.11. The summed E-state index contributed by atoms with van der Waals surface area (Å²) in [6.45, 7) is 5.36. The molecule has 1 aromatic carbocycles. The van der Waals surface area contributed by atoms with Crippen molar-refractivity contribution in [1.29, 1.82) is 0 Å². The summed E-state index contributed by atoms with van der Waals surface area (Å²) >= 11 is 0. The number of anilines is 2. The molecule has 0 unspecified atom stereocenters. The Morgan fingerprint density at radius 1 is 1.47 bits per heavy atom. The van der Waals surface area contributed by atoms with E-state index in [2.05, 4.69) is 17.1 Å². The first-order valence-corrected chi connectivity index (χ1v) is 5.90. The van der Waals surface area contributed by atoms with Gasteiger partial charge in [-0.3, -0.25) is 4.79 Å². The van der Waals surface area contributed by atoms with Gasteiger partial charge in [0.1, 0.15) is 0 Å². The predicted molar refractivity (Wildman–Crippen MR) is 72.2 cm³/mol. The Bertz CT molecular complexity index is 390. The van der Waals surface area contributed by atoms with Gasteiger partial charge in [0.2, 0.25) is 5.91 Å². The van der Waals surface area contributed by atoms with Gasteiger partial charge in [-0.1, -0.05) is 6.92 Å². The van der Waals surface area contributed by atoms with Crippen molar-refractivity contribution in [2.75, 3.05) is 30.8 Å². The zero-order valence-corrected chi connectivity index (χ0v) is 10.8. The van der Waals surface area contributed by atoms with Gasteiger partial charge in [-0.05, 0) is 37.1 Å². The molecule has 4 nitrogen and oxygen atoms in total. The third-order valence-corrected chi connectivity index (χ3v) is 2.67. The number of nitrogens with two attached hydrogens (primary N) is 1. The average molecular weight is 235 g/mol. The highest BCUT2D eigenvalue weighted by atomic mass is 16.1. The quantitative estimate of drug-likeness (QED) is 0.761. The third-order valence-electron chi connectivity index (χ3n) is 2.67. The van der Waals surface area contributed by atoms with E-state index in [9.17, 15) is 4.79 Å². The number of rotatable bonds is 5. The lowest BCUT2D eigenvalue weighted by atomic mass is 10.1. The second-order valence-electron chi connectivity index (χ2n) is 4.14. The number of amides is 1. The number of aryl methyl sites for hydroxylation is 1. The normalized spacial score (nSPS) is 10.1. The van der Waals surface area contributed by atoms with Gasteiger partial charge >= 0.3 is 0 Å². The van der Waals surface area contributed by atoms with E-state index in [4.69, 9.17) is 5.73 Å². The second kappa shape index (κ2) is 6.13. The lowest BCUT2D eigenvalue weighted by molar-refractivity contribution is -0.119. The molecule has 0 aliphatic heterocycles. The van der Waals surface area contributed by atoms with Crippen molar-refractivity contribution in [3.05, 3.63) is 23.8 Å². The van der Waals surface area contributed by atoms with Crippen molar-refractivity contribution < 1.29 is 4.79 Å². The Morgan fingerprint density at radius 3 is 2.71 bits per heavy atom. The largest absolute Gasteiger partial charge is 0.399 e. The van der Waals surface area contributed by atoms with Crippen molar-refractivity contribution >= 4 is 17.3 Å². The minimum atomic E-state index is 0.0228. The molecule has 1 rings (SSSR count). The average Bonchev–Trinajstić information content (AvgIpc) is 2.28. The van der Waals surface area contributed by atoms with Crippen LogP contribution >= 0.6 is 0 Å². The second-order valence-corrected chi connectivity index (χ2v) is 4.14. The summed E-state index contributed by atoms with van der Waals surface area (Å²) in [7, 11) is 1.66. The lowest BCUT2D eigenvalue weighted by Gasteiger charge is -2.25. The predicted octanol–water partition coefficient (Wildman–Crippen LogP) is 1.54. The van der Waals surface area contributed by atoms with Crippen molar-refractivity contribution in [2.45, 2.75) is 20.3 Å². The van der Waals surface area contributed by atoms with E-state index in [0.717, 1.165) is 29.9 Å². The molecule has 0 heterocycles. The first kappa shape index (κ1) is 13.4. The molecule has 3 N–H and O–H groups in total. The van der Waals surface area contributed by atoms with E-state index in [-0.39, 0.29) is 5.91 Å². The lowest BCUT2D eigenvalue weighted by Crippen LogP contribution is -2.36. The fraction of sp³-hybridized carbons (Fsp3) is 0.462. The number of benzene rings is 1. The van der Waals surface area contributed by atoms with E-state index in [1.165, 1.54) is 0 Å². The molecule has 1 amide bonds. The van der Waals surface area contributed by atoms with Crippen molar-refractivity contribution in [3.63, 3.8) is 0 Å². The molecule has 17 heavy (non-hydrogen) atoms. The Labute approximate surface area is 103 Å². The molecular formula is C13H21N3O. The fourth-order valence-corrected chi connectivity index (χ4v) is 1.84. The van der Waals surface area contributed by atoms with Crippen LogP contribution in [0.15, 0.2) is 18.2 Å². The van der Waals surface area contributed by atoms with Crippen LogP contribution < -0.4 is 16.0 Å². The zero-order valence-electron chi connectivity index (χ0n) is 10.8. The number of hydrogen-bond donors (Lipinski definition) is 2. The highest BCUT2D eigenvalue weighted by molar-refractivity contribution is 5.81. The van der Waals surface area contributed by atoms with Crippen LogP contribution in [0.4, 0.5) is 11.4 Å². The van der Waals surface area contributed by atoms with Gasteiger partial charge in [-0.2, -0.15) is 0 Å². The van der Waals surface area contributed by atoms with Crippen LogP contribution in [0.3, 0.4) is 0 Å². The Balaban J connectivity index is 2.92. The molecule has 0 aliphatic carbocycles. The molecule has 0 atom stereocenters. The van der Waals surface area contributed by atoms with Crippen molar-refractivity contribution in [3.8, 4) is 0 Å². The van der Waals surface area contributed by atoms with Crippen LogP contribution in [-0.2, 0) is 4.79 Å². The number of hydrogen-bond acceptors (Lipinski definition) is 3. The molecule has 0 aliphatic rings. The summed E-state index contributed by atoms with van der Waals surface area (Å²) in [6, 6.07) is 5.78. The maximum atomic E-state index is 11.5. The molecule has 1 aromatic rings. The van der Waals surface area contributed by atoms with Gasteiger partial charge < -0.3 is 16.0 Å². The molecule has 94 valence electrons. The van der Waals surface area contributed by atoms with Gasteiger partial charge in [0, 0.05) is 25.0 Å². The van der Waals surface area contributed by atoms with E-state index < -0.39 is 0 Å². The van der Waals surface area contributed by atoms with Gasteiger partial charge in [0.05, 0.1) is 6.54 Å². The number of carbonyl (C=O) groups excluding carboxylic acids is 1. The molecule has 0 saturated heterocycles. The summed E-state index contributed by atoms with van der Waals surface area (Å²) in [4.78, 5) is 13.5. The minimum Gasteiger partial charge on any atom is -0.399 e. The molecule has 0 fully saturated rings. The Morgan fingerprint density at radius 2 is 2.18 bits per heavy atom. The summed E-state index contributed by atoms with van der Waals surface area (Å²) in [6.07, 6.45) is 1.00. The molecule has 0 spiro atoms. The van der Waals surface area contributed by atoms with Gasteiger partial charge in [0.25, 0.3) is 0 Å². The number of nitrogens with zero attached hydrogens (tertiary/aromatic N) is 1. The molecule has 0 aromatic heterocycles. The topological polar surface area (TPSA) is 58.4 Å². The maximum absolute atomic E-state index is 11.5. The monoisotopic (exact) mass is 235 g/mol. The number of carbonyl (C=O) groups is 1. The maximum Gasteiger partial charge on any atom is 0.239 e. The van der Waals surface area contributed by atoms with E-state index in [1.54, 1.807) is 7.05 Å². The highest BCUT2D eigenvalue weighted by Crippen LogP contribution is 2.22. The number of nitrogens with one attached hydrogen (secondary N) is 1. The number of likely N-dealkylation sites (N-methyl/N-ethyl adjacent to an activating group) is 1. The molecule has 0 saturated carbocycles. The number of nitrogen functional groups attached to an aromatic ring is 1. The Kier molecular flexibility index (Phi) is 4.82. The van der Waals surface area contributed by atoms with E-state index in [0.29, 0.717) is 6.54 Å². The molecule has 0 bridgehead atoms. The van der Waals surface area contributed by atoms with Crippen molar-refractivity contribution in [1.82, 2.24) is 5.32 Å². The SMILES string of the molecule is CCCN(CC(=O)NC)c1ccc(N)cc1C. The zero-order chi connectivity index (χ0) is 12.8. The van der Waals surface area contributed by atoms with Crippen LogP contribution in [-0.4, -0.2) is 26.0 Å². The standard InChI is InChI=1S/C13H21N3O/c1-4-7-16(9-13(17)15-3)12-6-5-11(14)8-10(12)2/h5-6,8H,4,7,9,14H2,1-3H3,(H,15,17). The fourth-order valence-electron chi connectivity index (χ4n) is 1.84. The van der Waals surface area contributed by atoms with Crippen molar-refractivity contribution in [2.24, 2.45) is 0 Å². The van der Waals surface area contributed by atoms with Crippen LogP contribution in [0.5, 0.6) is 0 Å². The van der Waals surface area contributed by atoms with Crippen LogP contribution in [0.1, 0.15) is 18.9 Å². The van der Waals surface area contributed by atoms with Crippen LogP contribution in [0.2, 0.25) is 0 Å².